The monoisotopic (exact) mass is 798 g/mol. The standard InChI is InChI=1S/C16H27BO2.C9H21BO3.C6H11Br.C6H11.BrH.Mg/c1-5-6-7-8-9-17-18-14-11-12-10-13(15(12,2)3)16(14,4)19-17;1-7(2)11-10(12-8(3)4)13-9(5)6;1-2-3-4-5-6-7;1-3-5-6-4-2;;/h5,12-14H,1,6-11H2,2-4H3;7-9H,1-6H3;2H,1,3-6H2;3H,1-2,4-6H2;1H;/q;;;-1;;+2/p-1. The van der Waals surface area contributed by atoms with Crippen LogP contribution >= 0.6 is 15.9 Å². The molecule has 0 aromatic rings. The van der Waals surface area contributed by atoms with Crippen LogP contribution < -0.4 is 17.0 Å². The number of unbranched alkanes of at least 4 members (excludes halogenated alkanes) is 6. The van der Waals surface area contributed by atoms with Gasteiger partial charge in [-0.25, -0.2) is 0 Å². The first-order valence-corrected chi connectivity index (χ1v) is 18.8. The van der Waals surface area contributed by atoms with Crippen molar-refractivity contribution in [2.24, 2.45) is 17.3 Å². The van der Waals surface area contributed by atoms with Gasteiger partial charge < -0.3 is 47.2 Å². The molecule has 47 heavy (non-hydrogen) atoms. The Morgan fingerprint density at radius 2 is 1.30 bits per heavy atom. The molecule has 4 unspecified atom stereocenters. The van der Waals surface area contributed by atoms with Crippen LogP contribution in [0.25, 0.3) is 0 Å². The molecule has 3 aliphatic carbocycles. The number of hydrogen-bond acceptors (Lipinski definition) is 5. The minimum Gasteiger partial charge on any atom is -1.00 e. The van der Waals surface area contributed by atoms with E-state index in [9.17, 15) is 0 Å². The smallest absolute Gasteiger partial charge is 1.00 e. The minimum atomic E-state index is -0.542. The van der Waals surface area contributed by atoms with Gasteiger partial charge >= 0.3 is 37.5 Å². The van der Waals surface area contributed by atoms with E-state index in [1.165, 1.54) is 44.9 Å². The van der Waals surface area contributed by atoms with Crippen LogP contribution in [0.15, 0.2) is 38.0 Å². The Kier molecular flexibility index (Phi) is 32.7. The average Bonchev–Trinajstić information content (AvgIpc) is 3.30. The maximum absolute atomic E-state index is 6.37. The fourth-order valence-electron chi connectivity index (χ4n) is 6.11. The summed E-state index contributed by atoms with van der Waals surface area (Å²) in [5.74, 6) is 1.53. The van der Waals surface area contributed by atoms with Crippen LogP contribution in [0.5, 0.6) is 0 Å². The predicted molar refractivity (Wildman–Crippen MR) is 206 cm³/mol. The molecular weight excluding hydrogens is 730 g/mol. The van der Waals surface area contributed by atoms with E-state index in [2.05, 4.69) is 63.4 Å². The number of rotatable bonds is 18. The Hall–Kier alpha value is 0.876. The third-order valence-electron chi connectivity index (χ3n) is 8.70. The van der Waals surface area contributed by atoms with Crippen LogP contribution in [0.4, 0.5) is 0 Å². The van der Waals surface area contributed by atoms with Gasteiger partial charge in [0, 0.05) is 23.6 Å². The second kappa shape index (κ2) is 29.5. The first-order valence-electron chi connectivity index (χ1n) is 17.7. The molecule has 5 nitrogen and oxygen atoms in total. The Balaban J connectivity index is -0.000000605. The number of alkyl halides is 1. The molecule has 1 heterocycles. The zero-order valence-electron chi connectivity index (χ0n) is 31.9. The molecule has 4 aliphatic rings. The predicted octanol–water partition coefficient (Wildman–Crippen LogP) is 7.85. The Labute approximate surface area is 328 Å². The summed E-state index contributed by atoms with van der Waals surface area (Å²) in [5.41, 5.74) is 0.424. The normalized spacial score (nSPS) is 22.9. The van der Waals surface area contributed by atoms with Crippen molar-refractivity contribution in [2.45, 2.75) is 169 Å². The first-order chi connectivity index (χ1) is 21.2. The van der Waals surface area contributed by atoms with Gasteiger partial charge in [-0.05, 0) is 117 Å². The molecule has 4 rings (SSSR count). The quantitative estimate of drug-likeness (QED) is 0.0465. The van der Waals surface area contributed by atoms with Crippen molar-refractivity contribution in [1.29, 1.82) is 0 Å². The van der Waals surface area contributed by atoms with Crippen LogP contribution in [-0.2, 0) is 23.3 Å². The second-order valence-corrected chi connectivity index (χ2v) is 14.9. The summed E-state index contributed by atoms with van der Waals surface area (Å²) in [5, 5.41) is 1.13. The molecule has 0 spiro atoms. The molecule has 0 radical (unpaired) electrons. The van der Waals surface area contributed by atoms with Crippen LogP contribution in [0, 0.1) is 24.2 Å². The molecule has 0 aromatic heterocycles. The van der Waals surface area contributed by atoms with Crippen molar-refractivity contribution in [3.63, 3.8) is 0 Å². The first kappa shape index (κ1) is 52.2. The van der Waals surface area contributed by atoms with E-state index in [1.807, 2.05) is 59.8 Å². The summed E-state index contributed by atoms with van der Waals surface area (Å²) >= 11 is 3.35. The third kappa shape index (κ3) is 21.1. The topological polar surface area (TPSA) is 46.2 Å². The van der Waals surface area contributed by atoms with E-state index in [1.54, 1.807) is 0 Å². The molecule has 0 aromatic carbocycles. The SMILES string of the molecule is C=CCCCCB1OC2CC3CC(C3(C)C)C2(C)O1.C=CCCCCBr.C=CCCC[CH2-].CC(C)OB(OC(C)C)OC(C)C.[Br-].[Mg+2]. The Morgan fingerprint density at radius 3 is 1.68 bits per heavy atom. The Morgan fingerprint density at radius 1 is 0.830 bits per heavy atom. The average molecular weight is 801 g/mol. The van der Waals surface area contributed by atoms with Crippen molar-refractivity contribution in [1.82, 2.24) is 0 Å². The van der Waals surface area contributed by atoms with E-state index < -0.39 is 7.32 Å². The van der Waals surface area contributed by atoms with E-state index in [-0.39, 0.29) is 71.1 Å². The maximum atomic E-state index is 6.37. The Bertz CT molecular complexity index is 766. The molecule has 10 heteroatoms. The number of hydrogen-bond donors (Lipinski definition) is 0. The van der Waals surface area contributed by atoms with Crippen LogP contribution in [0.1, 0.15) is 133 Å². The zero-order chi connectivity index (χ0) is 34.5. The minimum absolute atomic E-state index is 0. The van der Waals surface area contributed by atoms with Gasteiger partial charge in [-0.2, -0.15) is 6.42 Å². The van der Waals surface area contributed by atoms with Crippen molar-refractivity contribution >= 4 is 53.4 Å². The summed E-state index contributed by atoms with van der Waals surface area (Å²) in [4.78, 5) is 0. The third-order valence-corrected chi connectivity index (χ3v) is 9.26. The number of halogens is 2. The van der Waals surface area contributed by atoms with E-state index in [4.69, 9.17) is 23.3 Å². The van der Waals surface area contributed by atoms with Gasteiger partial charge in [0.1, 0.15) is 0 Å². The summed E-state index contributed by atoms with van der Waals surface area (Å²) in [6.07, 6.45) is 20.6. The van der Waals surface area contributed by atoms with Crippen molar-refractivity contribution in [3.8, 4) is 0 Å². The molecule has 270 valence electrons. The summed E-state index contributed by atoms with van der Waals surface area (Å²) < 4.78 is 28.8. The molecule has 2 bridgehead atoms. The van der Waals surface area contributed by atoms with E-state index in [0.717, 1.165) is 43.3 Å². The zero-order valence-corrected chi connectivity index (χ0v) is 36.5. The molecule has 4 fully saturated rings. The van der Waals surface area contributed by atoms with Crippen LogP contribution in [-0.4, -0.2) is 72.8 Å². The summed E-state index contributed by atoms with van der Waals surface area (Å²) in [7, 11) is -0.505. The maximum Gasteiger partial charge on any atom is 2.00 e. The van der Waals surface area contributed by atoms with E-state index >= 15 is 0 Å². The fraction of sp³-hybridized carbons (Fsp3) is 0.811. The largest absolute Gasteiger partial charge is 2.00 e. The molecule has 0 N–H and O–H groups in total. The number of allylic oxidation sites excluding steroid dienone is 3. The summed E-state index contributed by atoms with van der Waals surface area (Å²) in [6.45, 7) is 33.5. The van der Waals surface area contributed by atoms with Gasteiger partial charge in [0.25, 0.3) is 0 Å². The van der Waals surface area contributed by atoms with Gasteiger partial charge in [-0.3, -0.25) is 0 Å². The molecule has 3 saturated carbocycles. The van der Waals surface area contributed by atoms with Gasteiger partial charge in [0.2, 0.25) is 0 Å². The van der Waals surface area contributed by atoms with Crippen molar-refractivity contribution in [3.05, 3.63) is 44.9 Å². The molecular formula is C37H70B2Br2MgO5. The fourth-order valence-corrected chi connectivity index (χ4v) is 6.51. The molecule has 1 saturated heterocycles. The molecule has 0 amide bonds. The van der Waals surface area contributed by atoms with Gasteiger partial charge in [-0.1, -0.05) is 67.3 Å². The second-order valence-electron chi connectivity index (χ2n) is 14.1. The van der Waals surface area contributed by atoms with Crippen LogP contribution in [0.3, 0.4) is 0 Å². The van der Waals surface area contributed by atoms with Crippen molar-refractivity contribution in [2.75, 3.05) is 5.33 Å². The summed E-state index contributed by atoms with van der Waals surface area (Å²) in [6, 6.07) is 0. The molecule has 4 atom stereocenters. The van der Waals surface area contributed by atoms with Gasteiger partial charge in [0.05, 0.1) is 11.7 Å². The van der Waals surface area contributed by atoms with Gasteiger partial charge in [-0.15, -0.1) is 19.7 Å². The van der Waals surface area contributed by atoms with Crippen LogP contribution in [0.2, 0.25) is 6.32 Å². The van der Waals surface area contributed by atoms with E-state index in [0.29, 0.717) is 17.4 Å². The van der Waals surface area contributed by atoms with Gasteiger partial charge in [0.15, 0.2) is 0 Å². The molecule has 1 aliphatic heterocycles. The van der Waals surface area contributed by atoms with Crippen molar-refractivity contribution < 1.29 is 40.3 Å².